The molecule has 0 unspecified atom stereocenters. The number of piperidine rings is 1. The molecule has 1 heterocycles. The number of nitrogens with zero attached hydrogens (tertiary/aromatic N) is 1. The van der Waals surface area contributed by atoms with E-state index in [9.17, 15) is 9.59 Å². The van der Waals surface area contributed by atoms with Crippen LogP contribution in [0.3, 0.4) is 0 Å². The molecule has 1 aliphatic heterocycles. The van der Waals surface area contributed by atoms with E-state index >= 15 is 0 Å². The summed E-state index contributed by atoms with van der Waals surface area (Å²) in [5, 5.41) is 5.05. The zero-order valence-corrected chi connectivity index (χ0v) is 12.2. The molecule has 0 radical (unpaired) electrons. The van der Waals surface area contributed by atoms with Crippen LogP contribution in [-0.4, -0.2) is 48.6 Å². The fourth-order valence-electron chi connectivity index (χ4n) is 2.12. The van der Waals surface area contributed by atoms with Crippen molar-refractivity contribution in [2.75, 3.05) is 26.2 Å². The Morgan fingerprint density at radius 2 is 1.84 bits per heavy atom. The minimum absolute atomic E-state index is 0.257. The van der Waals surface area contributed by atoms with Crippen LogP contribution in [0.15, 0.2) is 0 Å². The van der Waals surface area contributed by atoms with Gasteiger partial charge in [0.2, 0.25) is 5.91 Å². The van der Waals surface area contributed by atoms with Crippen molar-refractivity contribution in [3.63, 3.8) is 0 Å². The number of hydrogen-bond donors (Lipinski definition) is 3. The van der Waals surface area contributed by atoms with Crippen molar-refractivity contribution in [1.82, 2.24) is 15.5 Å². The Bertz CT molecular complexity index is 317. The van der Waals surface area contributed by atoms with Crippen molar-refractivity contribution in [2.24, 2.45) is 11.7 Å². The van der Waals surface area contributed by atoms with Gasteiger partial charge in [-0.05, 0) is 59.2 Å². The molecule has 6 heteroatoms. The number of hydrogen-bond acceptors (Lipinski definition) is 4. The standard InChI is InChI=1S/C13H26N4O2/c1-13(2,3)16-12(19)15-11(18)9-17-6-4-10(8-14)5-7-17/h10H,4-9,14H2,1-3H3,(H2,15,16,18,19). The van der Waals surface area contributed by atoms with E-state index in [0.29, 0.717) is 12.5 Å². The summed E-state index contributed by atoms with van der Waals surface area (Å²) in [5.41, 5.74) is 5.28. The van der Waals surface area contributed by atoms with Crippen LogP contribution in [0.4, 0.5) is 4.79 Å². The first-order chi connectivity index (χ1) is 8.80. The molecule has 0 aliphatic carbocycles. The molecule has 4 N–H and O–H groups in total. The summed E-state index contributed by atoms with van der Waals surface area (Å²) in [6.45, 7) is 8.34. The SMILES string of the molecule is CC(C)(C)NC(=O)NC(=O)CN1CCC(CN)CC1. The normalized spacial score (nSPS) is 18.1. The molecule has 0 aromatic carbocycles. The Morgan fingerprint density at radius 1 is 1.26 bits per heavy atom. The average Bonchev–Trinajstić information content (AvgIpc) is 2.27. The van der Waals surface area contributed by atoms with E-state index in [0.717, 1.165) is 25.9 Å². The Labute approximate surface area is 115 Å². The maximum atomic E-state index is 11.7. The zero-order valence-electron chi connectivity index (χ0n) is 12.2. The monoisotopic (exact) mass is 270 g/mol. The highest BCUT2D eigenvalue weighted by molar-refractivity contribution is 5.95. The Balaban J connectivity index is 2.26. The second-order valence-corrected chi connectivity index (χ2v) is 6.21. The second-order valence-electron chi connectivity index (χ2n) is 6.21. The molecular weight excluding hydrogens is 244 g/mol. The molecule has 110 valence electrons. The van der Waals surface area contributed by atoms with Gasteiger partial charge in [0.05, 0.1) is 6.54 Å². The maximum absolute atomic E-state index is 11.7. The predicted octanol–water partition coefficient (Wildman–Crippen LogP) is 0.281. The highest BCUT2D eigenvalue weighted by Crippen LogP contribution is 2.15. The van der Waals surface area contributed by atoms with Crippen molar-refractivity contribution in [2.45, 2.75) is 39.2 Å². The van der Waals surface area contributed by atoms with E-state index in [1.54, 1.807) is 0 Å². The Hall–Kier alpha value is -1.14. The van der Waals surface area contributed by atoms with E-state index < -0.39 is 6.03 Å². The van der Waals surface area contributed by atoms with Gasteiger partial charge in [0.1, 0.15) is 0 Å². The van der Waals surface area contributed by atoms with Gasteiger partial charge in [0, 0.05) is 5.54 Å². The fourth-order valence-corrected chi connectivity index (χ4v) is 2.12. The van der Waals surface area contributed by atoms with Crippen molar-refractivity contribution < 1.29 is 9.59 Å². The lowest BCUT2D eigenvalue weighted by molar-refractivity contribution is -0.121. The Morgan fingerprint density at radius 3 is 2.32 bits per heavy atom. The van der Waals surface area contributed by atoms with E-state index in [-0.39, 0.29) is 18.0 Å². The number of likely N-dealkylation sites (tertiary alicyclic amines) is 1. The molecule has 0 aromatic rings. The molecule has 1 aliphatic rings. The highest BCUT2D eigenvalue weighted by Gasteiger charge is 2.21. The topological polar surface area (TPSA) is 87.5 Å². The van der Waals surface area contributed by atoms with Gasteiger partial charge in [-0.15, -0.1) is 0 Å². The summed E-state index contributed by atoms with van der Waals surface area (Å²) >= 11 is 0. The van der Waals surface area contributed by atoms with Crippen molar-refractivity contribution >= 4 is 11.9 Å². The smallest absolute Gasteiger partial charge is 0.321 e. The van der Waals surface area contributed by atoms with Crippen molar-refractivity contribution in [3.8, 4) is 0 Å². The quantitative estimate of drug-likeness (QED) is 0.687. The van der Waals surface area contributed by atoms with Crippen LogP contribution in [0.5, 0.6) is 0 Å². The summed E-state index contributed by atoms with van der Waals surface area (Å²) < 4.78 is 0. The number of amides is 3. The number of nitrogens with one attached hydrogen (secondary N) is 2. The first-order valence-corrected chi connectivity index (χ1v) is 6.84. The molecule has 1 fully saturated rings. The minimum Gasteiger partial charge on any atom is -0.333 e. The largest absolute Gasteiger partial charge is 0.333 e. The molecule has 0 aromatic heterocycles. The van der Waals surface area contributed by atoms with Gasteiger partial charge in [-0.3, -0.25) is 15.0 Å². The molecule has 1 rings (SSSR count). The molecule has 0 spiro atoms. The van der Waals surface area contributed by atoms with Crippen molar-refractivity contribution in [1.29, 1.82) is 0 Å². The highest BCUT2D eigenvalue weighted by atomic mass is 16.2. The van der Waals surface area contributed by atoms with Gasteiger partial charge in [0.25, 0.3) is 0 Å². The molecule has 0 atom stereocenters. The zero-order chi connectivity index (χ0) is 14.5. The third kappa shape index (κ3) is 6.54. The number of rotatable bonds is 3. The van der Waals surface area contributed by atoms with Gasteiger partial charge in [-0.2, -0.15) is 0 Å². The number of carbonyl (C=O) groups is 2. The number of carbonyl (C=O) groups excluding carboxylic acids is 2. The van der Waals surface area contributed by atoms with Crippen LogP contribution in [0, 0.1) is 5.92 Å². The summed E-state index contributed by atoms with van der Waals surface area (Å²) in [4.78, 5) is 25.3. The van der Waals surface area contributed by atoms with E-state index in [1.807, 2.05) is 20.8 Å². The summed E-state index contributed by atoms with van der Waals surface area (Å²) in [6.07, 6.45) is 2.05. The van der Waals surface area contributed by atoms with Gasteiger partial charge >= 0.3 is 6.03 Å². The van der Waals surface area contributed by atoms with E-state index in [2.05, 4.69) is 15.5 Å². The van der Waals surface area contributed by atoms with E-state index in [1.165, 1.54) is 0 Å². The second kappa shape index (κ2) is 6.86. The van der Waals surface area contributed by atoms with Crippen LogP contribution < -0.4 is 16.4 Å². The molecule has 1 saturated heterocycles. The molecule has 0 bridgehead atoms. The lowest BCUT2D eigenvalue weighted by atomic mass is 9.97. The van der Waals surface area contributed by atoms with Gasteiger partial charge in [-0.1, -0.05) is 0 Å². The third-order valence-electron chi connectivity index (χ3n) is 3.15. The maximum Gasteiger partial charge on any atom is 0.321 e. The third-order valence-corrected chi connectivity index (χ3v) is 3.15. The first-order valence-electron chi connectivity index (χ1n) is 6.84. The van der Waals surface area contributed by atoms with Gasteiger partial charge in [0.15, 0.2) is 0 Å². The van der Waals surface area contributed by atoms with Crippen molar-refractivity contribution in [3.05, 3.63) is 0 Å². The Kier molecular flexibility index (Phi) is 5.75. The lowest BCUT2D eigenvalue weighted by Crippen LogP contribution is -2.51. The molecule has 0 saturated carbocycles. The van der Waals surface area contributed by atoms with Crippen LogP contribution in [0.1, 0.15) is 33.6 Å². The lowest BCUT2D eigenvalue weighted by Gasteiger charge is -2.30. The molecule has 6 nitrogen and oxygen atoms in total. The number of nitrogens with two attached hydrogens (primary N) is 1. The first kappa shape index (κ1) is 15.9. The fraction of sp³-hybridized carbons (Fsp3) is 0.846. The summed E-state index contributed by atoms with van der Waals surface area (Å²) in [5.74, 6) is 0.316. The summed E-state index contributed by atoms with van der Waals surface area (Å²) in [6, 6.07) is -0.436. The molecule has 3 amide bonds. The van der Waals surface area contributed by atoms with Crippen LogP contribution in [-0.2, 0) is 4.79 Å². The van der Waals surface area contributed by atoms with Crippen LogP contribution in [0.2, 0.25) is 0 Å². The summed E-state index contributed by atoms with van der Waals surface area (Å²) in [7, 11) is 0. The average molecular weight is 270 g/mol. The number of imide groups is 1. The van der Waals surface area contributed by atoms with Gasteiger partial charge in [-0.25, -0.2) is 4.79 Å². The van der Waals surface area contributed by atoms with Crippen LogP contribution >= 0.6 is 0 Å². The van der Waals surface area contributed by atoms with E-state index in [4.69, 9.17) is 5.73 Å². The van der Waals surface area contributed by atoms with Gasteiger partial charge < -0.3 is 11.1 Å². The number of urea groups is 1. The molecular formula is C13H26N4O2. The minimum atomic E-state index is -0.436. The predicted molar refractivity (Wildman–Crippen MR) is 74.6 cm³/mol. The molecule has 19 heavy (non-hydrogen) atoms. The van der Waals surface area contributed by atoms with Crippen LogP contribution in [0.25, 0.3) is 0 Å².